The average Bonchev–Trinajstić information content (AvgIpc) is 2.75. The zero-order chi connectivity index (χ0) is 13.8. The molecule has 0 aliphatic carbocycles. The molecule has 2 heterocycles. The van der Waals surface area contributed by atoms with Crippen LogP contribution in [0.3, 0.4) is 0 Å². The predicted octanol–water partition coefficient (Wildman–Crippen LogP) is 2.40. The van der Waals surface area contributed by atoms with Crippen LogP contribution in [0, 0.1) is 5.92 Å². The summed E-state index contributed by atoms with van der Waals surface area (Å²) in [5.41, 5.74) is 8.30. The van der Waals surface area contributed by atoms with E-state index in [4.69, 9.17) is 5.73 Å². The fourth-order valence-corrected chi connectivity index (χ4v) is 3.56. The second-order valence-electron chi connectivity index (χ2n) is 5.36. The Balaban J connectivity index is 2.11. The van der Waals surface area contributed by atoms with Gasteiger partial charge in [0, 0.05) is 19.6 Å². The standard InChI is InChI=1S/C14H25BrN4/c1-3-12-14(15)13(19(4-2)17-12)10-18-7-5-6-11(8-16)9-18/h11H,3-10,16H2,1-2H3. The molecule has 0 spiro atoms. The predicted molar refractivity (Wildman–Crippen MR) is 82.0 cm³/mol. The van der Waals surface area contributed by atoms with Crippen LogP contribution in [0.25, 0.3) is 0 Å². The molecule has 1 atom stereocenters. The molecule has 4 nitrogen and oxygen atoms in total. The molecule has 2 N–H and O–H groups in total. The molecule has 1 aliphatic rings. The van der Waals surface area contributed by atoms with Gasteiger partial charge in [-0.3, -0.25) is 9.58 Å². The van der Waals surface area contributed by atoms with E-state index in [0.29, 0.717) is 5.92 Å². The molecule has 1 aliphatic heterocycles. The van der Waals surface area contributed by atoms with Crippen LogP contribution < -0.4 is 5.73 Å². The molecule has 0 radical (unpaired) electrons. The summed E-state index contributed by atoms with van der Waals surface area (Å²) in [5, 5.41) is 4.67. The van der Waals surface area contributed by atoms with Gasteiger partial charge < -0.3 is 5.73 Å². The lowest BCUT2D eigenvalue weighted by Gasteiger charge is -2.32. The normalized spacial score (nSPS) is 20.9. The van der Waals surface area contributed by atoms with Gasteiger partial charge in [0.1, 0.15) is 0 Å². The first-order chi connectivity index (χ1) is 9.19. The lowest BCUT2D eigenvalue weighted by Crippen LogP contribution is -2.38. The van der Waals surface area contributed by atoms with Crippen molar-refractivity contribution in [2.75, 3.05) is 19.6 Å². The molecule has 1 fully saturated rings. The van der Waals surface area contributed by atoms with Crippen molar-refractivity contribution >= 4 is 15.9 Å². The molecule has 5 heteroatoms. The van der Waals surface area contributed by atoms with E-state index in [1.54, 1.807) is 0 Å². The van der Waals surface area contributed by atoms with E-state index in [-0.39, 0.29) is 0 Å². The van der Waals surface area contributed by atoms with Crippen molar-refractivity contribution in [2.24, 2.45) is 11.7 Å². The van der Waals surface area contributed by atoms with E-state index in [2.05, 4.69) is 44.5 Å². The van der Waals surface area contributed by atoms with Gasteiger partial charge in [0.2, 0.25) is 0 Å². The van der Waals surface area contributed by atoms with Gasteiger partial charge in [0.05, 0.1) is 15.9 Å². The summed E-state index contributed by atoms with van der Waals surface area (Å²) in [7, 11) is 0. The molecule has 1 aromatic rings. The first kappa shape index (κ1) is 15.0. The van der Waals surface area contributed by atoms with E-state index < -0.39 is 0 Å². The fourth-order valence-electron chi connectivity index (χ4n) is 2.87. The topological polar surface area (TPSA) is 47.1 Å². The summed E-state index contributed by atoms with van der Waals surface area (Å²) in [6.07, 6.45) is 3.52. The fraction of sp³-hybridized carbons (Fsp3) is 0.786. The Morgan fingerprint density at radius 2 is 2.21 bits per heavy atom. The Morgan fingerprint density at radius 1 is 1.42 bits per heavy atom. The lowest BCUT2D eigenvalue weighted by molar-refractivity contribution is 0.166. The number of aromatic nitrogens is 2. The SMILES string of the molecule is CCc1nn(CC)c(CN2CCCC(CN)C2)c1Br. The minimum atomic E-state index is 0.663. The number of nitrogens with zero attached hydrogens (tertiary/aromatic N) is 3. The van der Waals surface area contributed by atoms with Gasteiger partial charge in [0.15, 0.2) is 0 Å². The number of halogens is 1. The van der Waals surface area contributed by atoms with Gasteiger partial charge in [-0.15, -0.1) is 0 Å². The Hall–Kier alpha value is -0.390. The van der Waals surface area contributed by atoms with Crippen LogP contribution in [-0.4, -0.2) is 34.3 Å². The zero-order valence-corrected chi connectivity index (χ0v) is 13.6. The minimum Gasteiger partial charge on any atom is -0.330 e. The number of nitrogens with two attached hydrogens (primary N) is 1. The van der Waals surface area contributed by atoms with Gasteiger partial charge in [-0.25, -0.2) is 0 Å². The highest BCUT2D eigenvalue weighted by molar-refractivity contribution is 9.10. The number of rotatable bonds is 5. The summed E-state index contributed by atoms with van der Waals surface area (Å²) in [6.45, 7) is 9.34. The molecule has 19 heavy (non-hydrogen) atoms. The van der Waals surface area contributed by atoms with Crippen LogP contribution in [0.4, 0.5) is 0 Å². The molecule has 0 bridgehead atoms. The van der Waals surface area contributed by atoms with Gasteiger partial charge in [-0.2, -0.15) is 5.10 Å². The third-order valence-electron chi connectivity index (χ3n) is 4.00. The maximum Gasteiger partial charge on any atom is 0.0767 e. The van der Waals surface area contributed by atoms with Crippen molar-refractivity contribution in [2.45, 2.75) is 46.2 Å². The van der Waals surface area contributed by atoms with Crippen molar-refractivity contribution in [1.29, 1.82) is 0 Å². The van der Waals surface area contributed by atoms with Crippen molar-refractivity contribution < 1.29 is 0 Å². The minimum absolute atomic E-state index is 0.663. The van der Waals surface area contributed by atoms with Crippen molar-refractivity contribution in [3.63, 3.8) is 0 Å². The molecule has 1 saturated heterocycles. The van der Waals surface area contributed by atoms with Crippen LogP contribution in [0.1, 0.15) is 38.1 Å². The maximum absolute atomic E-state index is 5.82. The molecule has 1 aromatic heterocycles. The maximum atomic E-state index is 5.82. The zero-order valence-electron chi connectivity index (χ0n) is 12.0. The van der Waals surface area contributed by atoms with Crippen LogP contribution >= 0.6 is 15.9 Å². The van der Waals surface area contributed by atoms with E-state index in [9.17, 15) is 0 Å². The summed E-state index contributed by atoms with van der Waals surface area (Å²) in [4.78, 5) is 2.52. The molecule has 0 amide bonds. The van der Waals surface area contributed by atoms with Crippen LogP contribution in [0.15, 0.2) is 4.47 Å². The molecule has 108 valence electrons. The quantitative estimate of drug-likeness (QED) is 0.902. The number of hydrogen-bond donors (Lipinski definition) is 1. The first-order valence-corrected chi connectivity index (χ1v) is 8.15. The van der Waals surface area contributed by atoms with E-state index in [1.165, 1.54) is 35.2 Å². The number of hydrogen-bond acceptors (Lipinski definition) is 3. The Bertz CT molecular complexity index is 416. The van der Waals surface area contributed by atoms with Gasteiger partial charge >= 0.3 is 0 Å². The molecular weight excluding hydrogens is 304 g/mol. The summed E-state index contributed by atoms with van der Waals surface area (Å²) >= 11 is 3.73. The smallest absolute Gasteiger partial charge is 0.0767 e. The highest BCUT2D eigenvalue weighted by Crippen LogP contribution is 2.25. The third kappa shape index (κ3) is 3.38. The largest absolute Gasteiger partial charge is 0.330 e. The highest BCUT2D eigenvalue weighted by Gasteiger charge is 2.22. The van der Waals surface area contributed by atoms with Crippen LogP contribution in [-0.2, 0) is 19.5 Å². The van der Waals surface area contributed by atoms with Crippen LogP contribution in [0.2, 0.25) is 0 Å². The molecule has 1 unspecified atom stereocenters. The molecule has 0 aromatic carbocycles. The Labute approximate surface area is 124 Å². The van der Waals surface area contributed by atoms with Gasteiger partial charge in [-0.05, 0) is 61.1 Å². The monoisotopic (exact) mass is 328 g/mol. The first-order valence-electron chi connectivity index (χ1n) is 7.36. The van der Waals surface area contributed by atoms with Crippen LogP contribution in [0.5, 0.6) is 0 Å². The summed E-state index contributed by atoms with van der Waals surface area (Å²) < 4.78 is 3.33. The van der Waals surface area contributed by atoms with E-state index in [0.717, 1.165) is 32.6 Å². The highest BCUT2D eigenvalue weighted by atomic mass is 79.9. The van der Waals surface area contributed by atoms with E-state index >= 15 is 0 Å². The summed E-state index contributed by atoms with van der Waals surface area (Å²) in [6, 6.07) is 0. The summed E-state index contributed by atoms with van der Waals surface area (Å²) in [5.74, 6) is 0.663. The van der Waals surface area contributed by atoms with Gasteiger partial charge in [0.25, 0.3) is 0 Å². The number of piperidine rings is 1. The van der Waals surface area contributed by atoms with Gasteiger partial charge in [-0.1, -0.05) is 6.92 Å². The Morgan fingerprint density at radius 3 is 2.84 bits per heavy atom. The molecule has 0 saturated carbocycles. The van der Waals surface area contributed by atoms with Crippen molar-refractivity contribution in [3.05, 3.63) is 15.9 Å². The number of likely N-dealkylation sites (tertiary alicyclic amines) is 1. The Kier molecular flexibility index (Phi) is 5.42. The molecular formula is C14H25BrN4. The second-order valence-corrected chi connectivity index (χ2v) is 6.15. The average molecular weight is 329 g/mol. The van der Waals surface area contributed by atoms with Crippen molar-refractivity contribution in [3.8, 4) is 0 Å². The van der Waals surface area contributed by atoms with E-state index in [1.807, 2.05) is 0 Å². The van der Waals surface area contributed by atoms with Crippen molar-refractivity contribution in [1.82, 2.24) is 14.7 Å². The molecule has 2 rings (SSSR count). The number of aryl methyl sites for hydroxylation is 2. The third-order valence-corrected chi connectivity index (χ3v) is 4.92. The second kappa shape index (κ2) is 6.86. The lowest BCUT2D eigenvalue weighted by atomic mass is 9.98.